The van der Waals surface area contributed by atoms with E-state index in [0.29, 0.717) is 6.04 Å². The maximum absolute atomic E-state index is 12.1. The van der Waals surface area contributed by atoms with Gasteiger partial charge in [0, 0.05) is 17.4 Å². The van der Waals surface area contributed by atoms with E-state index in [-0.39, 0.29) is 23.5 Å². The highest BCUT2D eigenvalue weighted by molar-refractivity contribution is 8.01. The van der Waals surface area contributed by atoms with Gasteiger partial charge < -0.3 is 10.6 Å². The third-order valence-corrected chi connectivity index (χ3v) is 5.32. The lowest BCUT2D eigenvalue weighted by atomic mass is 9.95. The van der Waals surface area contributed by atoms with Crippen molar-refractivity contribution in [2.45, 2.75) is 54.7 Å². The largest absolute Gasteiger partial charge is 0.353 e. The molecule has 4 nitrogen and oxygen atoms in total. The Labute approximate surface area is 129 Å². The number of anilines is 1. The van der Waals surface area contributed by atoms with Crippen molar-refractivity contribution in [2.24, 2.45) is 0 Å². The zero-order valence-corrected chi connectivity index (χ0v) is 12.7. The summed E-state index contributed by atoms with van der Waals surface area (Å²) >= 11 is 1.48. The van der Waals surface area contributed by atoms with E-state index in [1.54, 1.807) is 0 Å². The highest BCUT2D eigenvalue weighted by Gasteiger charge is 2.29. The molecule has 1 aromatic carbocycles. The molecule has 0 bridgehead atoms. The molecular formula is C16H20N2O2S. The van der Waals surface area contributed by atoms with Gasteiger partial charge in [0.25, 0.3) is 0 Å². The monoisotopic (exact) mass is 304 g/mol. The normalized spacial score (nSPS) is 22.3. The minimum absolute atomic E-state index is 0.00562. The lowest BCUT2D eigenvalue weighted by Crippen LogP contribution is -2.40. The Balaban J connectivity index is 1.57. The van der Waals surface area contributed by atoms with Gasteiger partial charge in [0.2, 0.25) is 11.8 Å². The van der Waals surface area contributed by atoms with Crippen LogP contribution in [0.25, 0.3) is 0 Å². The highest BCUT2D eigenvalue weighted by atomic mass is 32.2. The first kappa shape index (κ1) is 14.4. The average molecular weight is 304 g/mol. The SMILES string of the molecule is O=C(C[C@@H]1Sc2ccccc2NC1=O)NC1CCCCC1. The maximum Gasteiger partial charge on any atom is 0.238 e. The first-order chi connectivity index (χ1) is 10.2. The van der Waals surface area contributed by atoms with Gasteiger partial charge in [-0.25, -0.2) is 0 Å². The summed E-state index contributed by atoms with van der Waals surface area (Å²) in [7, 11) is 0. The topological polar surface area (TPSA) is 58.2 Å². The van der Waals surface area contributed by atoms with Gasteiger partial charge in [-0.2, -0.15) is 0 Å². The number of thioether (sulfide) groups is 1. The van der Waals surface area contributed by atoms with Gasteiger partial charge in [-0.3, -0.25) is 9.59 Å². The molecule has 3 rings (SSSR count). The lowest BCUT2D eigenvalue weighted by Gasteiger charge is -2.26. The van der Waals surface area contributed by atoms with Crippen molar-refractivity contribution in [3.05, 3.63) is 24.3 Å². The molecule has 1 fully saturated rings. The zero-order valence-electron chi connectivity index (χ0n) is 11.9. The molecule has 1 heterocycles. The number of benzene rings is 1. The van der Waals surface area contributed by atoms with Crippen LogP contribution in [0.4, 0.5) is 5.69 Å². The molecule has 1 aliphatic carbocycles. The van der Waals surface area contributed by atoms with Gasteiger partial charge in [0.15, 0.2) is 0 Å². The van der Waals surface area contributed by atoms with E-state index in [0.717, 1.165) is 23.4 Å². The van der Waals surface area contributed by atoms with Crippen molar-refractivity contribution in [3.63, 3.8) is 0 Å². The Morgan fingerprint density at radius 2 is 2.00 bits per heavy atom. The smallest absolute Gasteiger partial charge is 0.238 e. The van der Waals surface area contributed by atoms with Crippen LogP contribution >= 0.6 is 11.8 Å². The Morgan fingerprint density at radius 3 is 2.81 bits per heavy atom. The lowest BCUT2D eigenvalue weighted by molar-refractivity contribution is -0.124. The molecule has 1 saturated carbocycles. The molecule has 0 spiro atoms. The molecule has 2 N–H and O–H groups in total. The van der Waals surface area contributed by atoms with E-state index in [9.17, 15) is 9.59 Å². The molecule has 1 atom stereocenters. The van der Waals surface area contributed by atoms with Gasteiger partial charge in [-0.05, 0) is 25.0 Å². The van der Waals surface area contributed by atoms with Crippen molar-refractivity contribution in [1.29, 1.82) is 0 Å². The minimum Gasteiger partial charge on any atom is -0.353 e. The molecular weight excluding hydrogens is 284 g/mol. The van der Waals surface area contributed by atoms with Gasteiger partial charge >= 0.3 is 0 Å². The van der Waals surface area contributed by atoms with Gasteiger partial charge in [0.1, 0.15) is 0 Å². The predicted molar refractivity (Wildman–Crippen MR) is 84.3 cm³/mol. The van der Waals surface area contributed by atoms with Gasteiger partial charge in [-0.1, -0.05) is 31.4 Å². The third kappa shape index (κ3) is 3.59. The van der Waals surface area contributed by atoms with E-state index < -0.39 is 0 Å². The number of carbonyl (C=O) groups is 2. The van der Waals surface area contributed by atoms with E-state index in [4.69, 9.17) is 0 Å². The maximum atomic E-state index is 12.1. The van der Waals surface area contributed by atoms with Gasteiger partial charge in [-0.15, -0.1) is 11.8 Å². The highest BCUT2D eigenvalue weighted by Crippen LogP contribution is 2.36. The molecule has 1 aromatic rings. The number of nitrogens with one attached hydrogen (secondary N) is 2. The Hall–Kier alpha value is -1.49. The van der Waals surface area contributed by atoms with Crippen LogP contribution in [0.3, 0.4) is 0 Å². The van der Waals surface area contributed by atoms with Crippen molar-refractivity contribution < 1.29 is 9.59 Å². The van der Waals surface area contributed by atoms with E-state index in [2.05, 4.69) is 10.6 Å². The van der Waals surface area contributed by atoms with Crippen molar-refractivity contribution in [1.82, 2.24) is 5.32 Å². The summed E-state index contributed by atoms with van der Waals surface area (Å²) < 4.78 is 0. The molecule has 0 saturated heterocycles. The summed E-state index contributed by atoms with van der Waals surface area (Å²) in [6.45, 7) is 0. The van der Waals surface area contributed by atoms with Gasteiger partial charge in [0.05, 0.1) is 10.9 Å². The number of para-hydroxylation sites is 1. The van der Waals surface area contributed by atoms with Crippen LogP contribution in [0.1, 0.15) is 38.5 Å². The molecule has 0 unspecified atom stereocenters. The van der Waals surface area contributed by atoms with Crippen LogP contribution in [-0.4, -0.2) is 23.1 Å². The second kappa shape index (κ2) is 6.52. The quantitative estimate of drug-likeness (QED) is 0.902. The molecule has 5 heteroatoms. The van der Waals surface area contributed by atoms with Crippen LogP contribution in [0.5, 0.6) is 0 Å². The molecule has 21 heavy (non-hydrogen) atoms. The number of carbonyl (C=O) groups excluding carboxylic acids is 2. The van der Waals surface area contributed by atoms with Crippen LogP contribution in [0, 0.1) is 0 Å². The van der Waals surface area contributed by atoms with Crippen LogP contribution in [0.15, 0.2) is 29.2 Å². The number of amides is 2. The molecule has 2 aliphatic rings. The fourth-order valence-corrected chi connectivity index (χ4v) is 4.04. The summed E-state index contributed by atoms with van der Waals surface area (Å²) in [6, 6.07) is 8.01. The van der Waals surface area contributed by atoms with Crippen LogP contribution in [0.2, 0.25) is 0 Å². The van der Waals surface area contributed by atoms with E-state index >= 15 is 0 Å². The average Bonchev–Trinajstić information content (AvgIpc) is 2.49. The molecule has 1 aliphatic heterocycles. The molecule has 0 radical (unpaired) electrons. The number of rotatable bonds is 3. The van der Waals surface area contributed by atoms with Crippen LogP contribution < -0.4 is 10.6 Å². The fourth-order valence-electron chi connectivity index (χ4n) is 2.93. The summed E-state index contributed by atoms with van der Waals surface area (Å²) in [5, 5.41) is 5.63. The summed E-state index contributed by atoms with van der Waals surface area (Å²) in [5.74, 6) is -0.0774. The van der Waals surface area contributed by atoms with Crippen LogP contribution in [-0.2, 0) is 9.59 Å². The number of hydrogen-bond acceptors (Lipinski definition) is 3. The molecule has 112 valence electrons. The summed E-state index contributed by atoms with van der Waals surface area (Å²) in [5.41, 5.74) is 0.844. The van der Waals surface area contributed by atoms with E-state index in [1.165, 1.54) is 31.0 Å². The molecule has 0 aromatic heterocycles. The Morgan fingerprint density at radius 1 is 1.24 bits per heavy atom. The summed E-state index contributed by atoms with van der Waals surface area (Å²) in [6.07, 6.45) is 6.04. The molecule has 2 amide bonds. The van der Waals surface area contributed by atoms with Crippen molar-refractivity contribution in [3.8, 4) is 0 Å². The van der Waals surface area contributed by atoms with Crippen molar-refractivity contribution in [2.75, 3.05) is 5.32 Å². The Bertz CT molecular complexity index is 541. The summed E-state index contributed by atoms with van der Waals surface area (Å²) in [4.78, 5) is 25.2. The number of hydrogen-bond donors (Lipinski definition) is 2. The number of fused-ring (bicyclic) bond motifs is 1. The first-order valence-corrected chi connectivity index (χ1v) is 8.46. The van der Waals surface area contributed by atoms with E-state index in [1.807, 2.05) is 24.3 Å². The standard InChI is InChI=1S/C16H20N2O2S/c19-15(17-11-6-2-1-3-7-11)10-14-16(20)18-12-8-4-5-9-13(12)21-14/h4-5,8-9,11,14H,1-3,6-7,10H2,(H,17,19)(H,18,20)/t14-/m0/s1. The van der Waals surface area contributed by atoms with Crippen molar-refractivity contribution >= 4 is 29.3 Å². The predicted octanol–water partition coefficient (Wildman–Crippen LogP) is 2.94. The first-order valence-electron chi connectivity index (χ1n) is 7.58. The Kier molecular flexibility index (Phi) is 4.48. The minimum atomic E-state index is -0.330. The zero-order chi connectivity index (χ0) is 14.7. The second-order valence-electron chi connectivity index (χ2n) is 5.70. The third-order valence-electron chi connectivity index (χ3n) is 4.05. The fraction of sp³-hybridized carbons (Fsp3) is 0.500. The second-order valence-corrected chi connectivity index (χ2v) is 6.94.